The summed E-state index contributed by atoms with van der Waals surface area (Å²) in [5.74, 6) is 0. The molecule has 5 nitrogen and oxygen atoms in total. The van der Waals surface area contributed by atoms with E-state index < -0.39 is 0 Å². The lowest BCUT2D eigenvalue weighted by atomic mass is 10.1. The van der Waals surface area contributed by atoms with Crippen LogP contribution in [-0.4, -0.2) is 33.7 Å². The third kappa shape index (κ3) is 2.54. The van der Waals surface area contributed by atoms with Crippen molar-refractivity contribution in [2.24, 2.45) is 7.05 Å². The van der Waals surface area contributed by atoms with Gasteiger partial charge in [0, 0.05) is 26.2 Å². The molecule has 1 aliphatic heterocycles. The summed E-state index contributed by atoms with van der Waals surface area (Å²) in [6.07, 6.45) is 4.50. The smallest absolute Gasteiger partial charge is 0.0738 e. The average molecular weight is 210 g/mol. The molecule has 1 saturated heterocycles. The van der Waals surface area contributed by atoms with Crippen molar-refractivity contribution in [2.45, 2.75) is 38.5 Å². The maximum Gasteiger partial charge on any atom is 0.0738 e. The minimum absolute atomic E-state index is 0.367. The van der Waals surface area contributed by atoms with E-state index in [4.69, 9.17) is 4.74 Å². The minimum Gasteiger partial charge on any atom is -0.377 e. The van der Waals surface area contributed by atoms with E-state index in [0.717, 1.165) is 25.3 Å². The molecule has 0 radical (unpaired) electrons. The first-order valence-corrected chi connectivity index (χ1v) is 5.46. The van der Waals surface area contributed by atoms with Crippen LogP contribution in [-0.2, 0) is 18.3 Å². The Kier molecular flexibility index (Phi) is 3.33. The van der Waals surface area contributed by atoms with Gasteiger partial charge in [-0.25, -0.2) is 0 Å². The van der Waals surface area contributed by atoms with Crippen molar-refractivity contribution in [1.29, 1.82) is 0 Å². The highest BCUT2D eigenvalue weighted by Crippen LogP contribution is 2.15. The first-order chi connectivity index (χ1) is 7.27. The summed E-state index contributed by atoms with van der Waals surface area (Å²) < 4.78 is 7.40. The molecule has 5 heteroatoms. The van der Waals surface area contributed by atoms with Crippen molar-refractivity contribution < 1.29 is 4.74 Å². The lowest BCUT2D eigenvalue weighted by Crippen LogP contribution is -2.36. The topological polar surface area (TPSA) is 52.0 Å². The second kappa shape index (κ2) is 4.72. The predicted octanol–water partition coefficient (Wildman–Crippen LogP) is 0.472. The van der Waals surface area contributed by atoms with Crippen LogP contribution in [0, 0.1) is 0 Å². The largest absolute Gasteiger partial charge is 0.377 e. The fraction of sp³-hybridized carbons (Fsp3) is 0.800. The average Bonchev–Trinajstić information content (AvgIpc) is 2.85. The van der Waals surface area contributed by atoms with E-state index in [9.17, 15) is 0 Å². The number of nitrogens with zero attached hydrogens (tertiary/aromatic N) is 3. The molecule has 1 aliphatic rings. The molecule has 0 aromatic carbocycles. The Morgan fingerprint density at radius 3 is 3.20 bits per heavy atom. The Hall–Kier alpha value is -0.940. The molecular weight excluding hydrogens is 192 g/mol. The van der Waals surface area contributed by atoms with Crippen molar-refractivity contribution in [3.8, 4) is 0 Å². The van der Waals surface area contributed by atoms with Gasteiger partial charge in [-0.2, -0.15) is 0 Å². The van der Waals surface area contributed by atoms with E-state index in [1.54, 1.807) is 10.9 Å². The predicted molar refractivity (Wildman–Crippen MR) is 56.3 cm³/mol. The molecular formula is C10H18N4O. The third-order valence-electron chi connectivity index (χ3n) is 2.94. The molecule has 0 spiro atoms. The van der Waals surface area contributed by atoms with Crippen LogP contribution in [0.2, 0.25) is 0 Å². The second-order valence-corrected chi connectivity index (χ2v) is 4.07. The third-order valence-corrected chi connectivity index (χ3v) is 2.94. The van der Waals surface area contributed by atoms with Gasteiger partial charge >= 0.3 is 0 Å². The Morgan fingerprint density at radius 1 is 1.73 bits per heavy atom. The first-order valence-electron chi connectivity index (χ1n) is 5.46. The van der Waals surface area contributed by atoms with Crippen molar-refractivity contribution >= 4 is 0 Å². The standard InChI is InChI=1S/C10H18N4O/c1-8(10-4-3-5-15-10)11-6-9-7-12-13-14(9)2/h7-8,10-11H,3-6H2,1-2H3. The number of aryl methyl sites for hydroxylation is 1. The molecule has 2 unspecified atom stereocenters. The van der Waals surface area contributed by atoms with Crippen molar-refractivity contribution in [3.05, 3.63) is 11.9 Å². The number of ether oxygens (including phenoxy) is 1. The molecule has 84 valence electrons. The molecule has 0 bridgehead atoms. The Balaban J connectivity index is 1.80. The molecule has 1 fully saturated rings. The zero-order chi connectivity index (χ0) is 10.7. The molecule has 0 aliphatic carbocycles. The van der Waals surface area contributed by atoms with Crippen LogP contribution >= 0.6 is 0 Å². The zero-order valence-corrected chi connectivity index (χ0v) is 9.31. The van der Waals surface area contributed by atoms with Crippen LogP contribution in [0.1, 0.15) is 25.5 Å². The maximum atomic E-state index is 5.61. The molecule has 2 atom stereocenters. The molecule has 1 N–H and O–H groups in total. The molecule has 1 aromatic rings. The van der Waals surface area contributed by atoms with Crippen LogP contribution in [0.4, 0.5) is 0 Å². The van der Waals surface area contributed by atoms with E-state index in [1.165, 1.54) is 6.42 Å². The Morgan fingerprint density at radius 2 is 2.60 bits per heavy atom. The number of nitrogens with one attached hydrogen (secondary N) is 1. The van der Waals surface area contributed by atoms with Gasteiger partial charge in [0.1, 0.15) is 0 Å². The van der Waals surface area contributed by atoms with Gasteiger partial charge in [-0.05, 0) is 19.8 Å². The van der Waals surface area contributed by atoms with E-state index in [-0.39, 0.29) is 0 Å². The monoisotopic (exact) mass is 210 g/mol. The van der Waals surface area contributed by atoms with E-state index >= 15 is 0 Å². The highest BCUT2D eigenvalue weighted by atomic mass is 16.5. The quantitative estimate of drug-likeness (QED) is 0.785. The van der Waals surface area contributed by atoms with E-state index in [0.29, 0.717) is 12.1 Å². The van der Waals surface area contributed by atoms with Crippen molar-refractivity contribution in [3.63, 3.8) is 0 Å². The summed E-state index contributed by atoms with van der Waals surface area (Å²) in [6, 6.07) is 0.391. The van der Waals surface area contributed by atoms with Gasteiger partial charge in [0.15, 0.2) is 0 Å². The highest BCUT2D eigenvalue weighted by Gasteiger charge is 2.21. The summed E-state index contributed by atoms with van der Waals surface area (Å²) >= 11 is 0. The molecule has 0 amide bonds. The zero-order valence-electron chi connectivity index (χ0n) is 9.31. The van der Waals surface area contributed by atoms with Gasteiger partial charge in [-0.15, -0.1) is 5.10 Å². The van der Waals surface area contributed by atoms with E-state index in [2.05, 4.69) is 22.6 Å². The van der Waals surface area contributed by atoms with Crippen LogP contribution < -0.4 is 5.32 Å². The Bertz CT molecular complexity index is 306. The number of hydrogen-bond acceptors (Lipinski definition) is 4. The lowest BCUT2D eigenvalue weighted by molar-refractivity contribution is 0.0830. The fourth-order valence-electron chi connectivity index (χ4n) is 1.86. The fourth-order valence-corrected chi connectivity index (χ4v) is 1.86. The summed E-state index contributed by atoms with van der Waals surface area (Å²) in [4.78, 5) is 0. The number of aromatic nitrogens is 3. The summed E-state index contributed by atoms with van der Waals surface area (Å²) in [6.45, 7) is 3.87. The Labute approximate surface area is 89.8 Å². The normalized spacial score (nSPS) is 23.2. The highest BCUT2D eigenvalue weighted by molar-refractivity contribution is 4.93. The summed E-state index contributed by atoms with van der Waals surface area (Å²) in [5, 5.41) is 11.2. The van der Waals surface area contributed by atoms with Gasteiger partial charge in [0.05, 0.1) is 18.0 Å². The SMILES string of the molecule is CC(NCc1cnnn1C)C1CCCO1. The molecule has 15 heavy (non-hydrogen) atoms. The first kappa shape index (κ1) is 10.6. The van der Waals surface area contributed by atoms with Gasteiger partial charge < -0.3 is 10.1 Å². The molecule has 2 rings (SSSR count). The molecule has 0 saturated carbocycles. The molecule has 1 aromatic heterocycles. The van der Waals surface area contributed by atoms with Crippen LogP contribution in [0.25, 0.3) is 0 Å². The van der Waals surface area contributed by atoms with Crippen LogP contribution in [0.3, 0.4) is 0 Å². The minimum atomic E-state index is 0.367. The van der Waals surface area contributed by atoms with Gasteiger partial charge in [-0.1, -0.05) is 5.21 Å². The van der Waals surface area contributed by atoms with Crippen LogP contribution in [0.5, 0.6) is 0 Å². The second-order valence-electron chi connectivity index (χ2n) is 4.07. The van der Waals surface area contributed by atoms with E-state index in [1.807, 2.05) is 7.05 Å². The van der Waals surface area contributed by atoms with Crippen molar-refractivity contribution in [2.75, 3.05) is 6.61 Å². The van der Waals surface area contributed by atoms with Crippen molar-refractivity contribution in [1.82, 2.24) is 20.3 Å². The van der Waals surface area contributed by atoms with Crippen LogP contribution in [0.15, 0.2) is 6.20 Å². The van der Waals surface area contributed by atoms with Gasteiger partial charge in [0.2, 0.25) is 0 Å². The number of rotatable bonds is 4. The summed E-state index contributed by atoms with van der Waals surface area (Å²) in [7, 11) is 1.90. The summed E-state index contributed by atoms with van der Waals surface area (Å²) in [5.41, 5.74) is 1.10. The maximum absolute atomic E-state index is 5.61. The molecule has 2 heterocycles. The van der Waals surface area contributed by atoms with Gasteiger partial charge in [0.25, 0.3) is 0 Å². The lowest BCUT2D eigenvalue weighted by Gasteiger charge is -2.19. The number of hydrogen-bond donors (Lipinski definition) is 1. The van der Waals surface area contributed by atoms with Gasteiger partial charge in [-0.3, -0.25) is 4.68 Å².